The van der Waals surface area contributed by atoms with Crippen molar-refractivity contribution in [2.24, 2.45) is 0 Å². The first kappa shape index (κ1) is 13.2. The summed E-state index contributed by atoms with van der Waals surface area (Å²) in [6.45, 7) is 0.245. The minimum atomic E-state index is -0.634. The van der Waals surface area contributed by atoms with Crippen LogP contribution < -0.4 is 0 Å². The van der Waals surface area contributed by atoms with Gasteiger partial charge in [-0.25, -0.2) is 0 Å². The van der Waals surface area contributed by atoms with Crippen molar-refractivity contribution >= 4 is 15.9 Å². The van der Waals surface area contributed by atoms with Crippen LogP contribution in [0.4, 0.5) is 0 Å². The number of halogens is 1. The molecule has 0 aliphatic rings. The molecule has 2 aromatic rings. The Labute approximate surface area is 113 Å². The summed E-state index contributed by atoms with van der Waals surface area (Å²) in [5.74, 6) is 0.908. The summed E-state index contributed by atoms with van der Waals surface area (Å²) in [6.07, 6.45) is -0.347. The first-order valence-electron chi connectivity index (χ1n) is 5.44. The van der Waals surface area contributed by atoms with E-state index in [1.807, 2.05) is 24.3 Å². The van der Waals surface area contributed by atoms with E-state index in [2.05, 4.69) is 26.1 Å². The van der Waals surface area contributed by atoms with Crippen molar-refractivity contribution in [1.29, 1.82) is 0 Å². The van der Waals surface area contributed by atoms with Gasteiger partial charge in [-0.2, -0.15) is 4.98 Å². The third kappa shape index (κ3) is 3.38. The van der Waals surface area contributed by atoms with Gasteiger partial charge in [-0.15, -0.1) is 0 Å². The molecule has 1 aromatic carbocycles. The van der Waals surface area contributed by atoms with Crippen LogP contribution in [0.25, 0.3) is 11.4 Å². The van der Waals surface area contributed by atoms with Crippen LogP contribution in [0.2, 0.25) is 0 Å². The fourth-order valence-electron chi connectivity index (χ4n) is 1.54. The van der Waals surface area contributed by atoms with Gasteiger partial charge >= 0.3 is 0 Å². The zero-order valence-electron chi connectivity index (χ0n) is 9.84. The van der Waals surface area contributed by atoms with Crippen LogP contribution in [-0.2, 0) is 11.2 Å². The van der Waals surface area contributed by atoms with Gasteiger partial charge in [0.2, 0.25) is 11.7 Å². The molecule has 1 atom stereocenters. The van der Waals surface area contributed by atoms with Crippen LogP contribution in [0.15, 0.2) is 33.3 Å². The molecule has 1 aromatic heterocycles. The summed E-state index contributed by atoms with van der Waals surface area (Å²) in [5, 5.41) is 13.4. The number of methoxy groups -OCH3 is 1. The van der Waals surface area contributed by atoms with Gasteiger partial charge in [0.1, 0.15) is 0 Å². The van der Waals surface area contributed by atoms with Crippen molar-refractivity contribution in [2.75, 3.05) is 13.7 Å². The minimum Gasteiger partial charge on any atom is -0.390 e. The van der Waals surface area contributed by atoms with Crippen molar-refractivity contribution < 1.29 is 14.4 Å². The molecule has 0 bridgehead atoms. The summed E-state index contributed by atoms with van der Waals surface area (Å²) in [7, 11) is 1.53. The quantitative estimate of drug-likeness (QED) is 0.915. The lowest BCUT2D eigenvalue weighted by Gasteiger charge is -2.04. The maximum Gasteiger partial charge on any atom is 0.229 e. The van der Waals surface area contributed by atoms with E-state index < -0.39 is 6.10 Å². The van der Waals surface area contributed by atoms with E-state index in [1.165, 1.54) is 7.11 Å². The van der Waals surface area contributed by atoms with Crippen molar-refractivity contribution in [3.63, 3.8) is 0 Å². The maximum atomic E-state index is 9.57. The topological polar surface area (TPSA) is 68.4 Å². The van der Waals surface area contributed by atoms with E-state index in [4.69, 9.17) is 9.26 Å². The van der Waals surface area contributed by atoms with E-state index in [0.29, 0.717) is 11.7 Å². The highest BCUT2D eigenvalue weighted by Crippen LogP contribution is 2.20. The monoisotopic (exact) mass is 312 g/mol. The molecule has 0 saturated carbocycles. The number of rotatable bonds is 5. The Morgan fingerprint density at radius 1 is 1.50 bits per heavy atom. The van der Waals surface area contributed by atoms with Crippen LogP contribution >= 0.6 is 15.9 Å². The summed E-state index contributed by atoms with van der Waals surface area (Å²) in [4.78, 5) is 4.23. The largest absolute Gasteiger partial charge is 0.390 e. The predicted molar refractivity (Wildman–Crippen MR) is 69.0 cm³/mol. The Bertz CT molecular complexity index is 516. The van der Waals surface area contributed by atoms with E-state index in [-0.39, 0.29) is 13.0 Å². The highest BCUT2D eigenvalue weighted by molar-refractivity contribution is 9.10. The van der Waals surface area contributed by atoms with Gasteiger partial charge in [-0.3, -0.25) is 0 Å². The van der Waals surface area contributed by atoms with E-state index in [9.17, 15) is 5.11 Å². The first-order valence-corrected chi connectivity index (χ1v) is 6.24. The predicted octanol–water partition coefficient (Wildman–Crippen LogP) is 2.05. The number of hydrogen-bond acceptors (Lipinski definition) is 5. The van der Waals surface area contributed by atoms with E-state index in [1.54, 1.807) is 0 Å². The lowest BCUT2D eigenvalue weighted by molar-refractivity contribution is 0.0599. The fourth-order valence-corrected chi connectivity index (χ4v) is 1.93. The average Bonchev–Trinajstić information content (AvgIpc) is 2.78. The molecule has 0 spiro atoms. The molecule has 0 amide bonds. The maximum absolute atomic E-state index is 9.57. The number of aliphatic hydroxyl groups excluding tert-OH is 1. The van der Waals surface area contributed by atoms with E-state index >= 15 is 0 Å². The third-order valence-electron chi connectivity index (χ3n) is 2.32. The van der Waals surface area contributed by atoms with Crippen molar-refractivity contribution in [2.45, 2.75) is 12.5 Å². The number of ether oxygens (including phenoxy) is 1. The van der Waals surface area contributed by atoms with Crippen molar-refractivity contribution in [3.8, 4) is 11.4 Å². The molecule has 0 radical (unpaired) electrons. The molecule has 2 rings (SSSR count). The van der Waals surface area contributed by atoms with Gasteiger partial charge in [0.05, 0.1) is 19.1 Å². The molecular formula is C12H13BrN2O3. The van der Waals surface area contributed by atoms with Crippen LogP contribution in [0.5, 0.6) is 0 Å². The molecule has 1 heterocycles. The molecule has 0 aliphatic carbocycles. The summed E-state index contributed by atoms with van der Waals surface area (Å²) in [5.41, 5.74) is 0.862. The normalized spacial score (nSPS) is 12.6. The standard InChI is InChI=1S/C12H13BrN2O3/c1-17-7-10(16)6-11-14-12(15-18-11)8-3-2-4-9(13)5-8/h2-5,10,16H,6-7H2,1H3. The van der Waals surface area contributed by atoms with Gasteiger partial charge in [-0.05, 0) is 12.1 Å². The second-order valence-electron chi connectivity index (χ2n) is 3.84. The molecule has 1 N–H and O–H groups in total. The Morgan fingerprint density at radius 2 is 2.33 bits per heavy atom. The fraction of sp³-hybridized carbons (Fsp3) is 0.333. The molecule has 0 fully saturated rings. The highest BCUT2D eigenvalue weighted by Gasteiger charge is 2.13. The van der Waals surface area contributed by atoms with Gasteiger partial charge in [0.25, 0.3) is 0 Å². The zero-order chi connectivity index (χ0) is 13.0. The van der Waals surface area contributed by atoms with Crippen LogP contribution in [0, 0.1) is 0 Å². The lowest BCUT2D eigenvalue weighted by atomic mass is 10.2. The summed E-state index contributed by atoms with van der Waals surface area (Å²) in [6, 6.07) is 7.62. The van der Waals surface area contributed by atoms with E-state index in [0.717, 1.165) is 10.0 Å². The molecule has 6 heteroatoms. The Kier molecular flexibility index (Phi) is 4.46. The molecule has 5 nitrogen and oxygen atoms in total. The zero-order valence-corrected chi connectivity index (χ0v) is 11.4. The third-order valence-corrected chi connectivity index (χ3v) is 2.81. The van der Waals surface area contributed by atoms with Crippen molar-refractivity contribution in [1.82, 2.24) is 10.1 Å². The summed E-state index contributed by atoms with van der Waals surface area (Å²) < 4.78 is 10.9. The highest BCUT2D eigenvalue weighted by atomic mass is 79.9. The molecular weight excluding hydrogens is 300 g/mol. The number of nitrogens with zero attached hydrogens (tertiary/aromatic N) is 2. The van der Waals surface area contributed by atoms with Crippen LogP contribution in [-0.4, -0.2) is 35.1 Å². The number of aliphatic hydroxyl groups is 1. The first-order chi connectivity index (χ1) is 8.69. The number of aromatic nitrogens is 2. The SMILES string of the molecule is COCC(O)Cc1nc(-c2cccc(Br)c2)no1. The molecule has 1 unspecified atom stereocenters. The van der Waals surface area contributed by atoms with Gasteiger partial charge in [0, 0.05) is 17.1 Å². The van der Waals surface area contributed by atoms with Gasteiger partial charge in [0.15, 0.2) is 0 Å². The average molecular weight is 313 g/mol. The second kappa shape index (κ2) is 6.08. The second-order valence-corrected chi connectivity index (χ2v) is 4.75. The smallest absolute Gasteiger partial charge is 0.229 e. The number of hydrogen-bond donors (Lipinski definition) is 1. The minimum absolute atomic E-state index is 0.245. The van der Waals surface area contributed by atoms with Gasteiger partial charge in [-0.1, -0.05) is 33.2 Å². The molecule has 0 saturated heterocycles. The number of benzene rings is 1. The summed E-state index contributed by atoms with van der Waals surface area (Å²) >= 11 is 3.38. The molecule has 96 valence electrons. The van der Waals surface area contributed by atoms with Crippen LogP contribution in [0.3, 0.4) is 0 Å². The molecule has 18 heavy (non-hydrogen) atoms. The Morgan fingerprint density at radius 3 is 3.06 bits per heavy atom. The van der Waals surface area contributed by atoms with Crippen LogP contribution in [0.1, 0.15) is 5.89 Å². The lowest BCUT2D eigenvalue weighted by Crippen LogP contribution is -2.17. The van der Waals surface area contributed by atoms with Crippen molar-refractivity contribution in [3.05, 3.63) is 34.6 Å². The molecule has 0 aliphatic heterocycles. The Balaban J connectivity index is 2.10. The Hall–Kier alpha value is -1.24. The van der Waals surface area contributed by atoms with Gasteiger partial charge < -0.3 is 14.4 Å².